The predicted molar refractivity (Wildman–Crippen MR) is 111 cm³/mol. The average molecular weight is 418 g/mol. The van der Waals surface area contributed by atoms with E-state index in [1.165, 1.54) is 6.92 Å². The molecule has 0 spiro atoms. The van der Waals surface area contributed by atoms with Crippen molar-refractivity contribution in [1.82, 2.24) is 15.5 Å². The van der Waals surface area contributed by atoms with Crippen LogP contribution in [0.5, 0.6) is 0 Å². The van der Waals surface area contributed by atoms with E-state index in [2.05, 4.69) is 10.6 Å². The maximum absolute atomic E-state index is 12.8. The van der Waals surface area contributed by atoms with Gasteiger partial charge in [0.2, 0.25) is 0 Å². The highest BCUT2D eigenvalue weighted by Crippen LogP contribution is 2.28. The minimum atomic E-state index is -1.04. The van der Waals surface area contributed by atoms with Crippen LogP contribution in [0.2, 0.25) is 0 Å². The number of esters is 1. The Labute approximate surface area is 177 Å². The monoisotopic (exact) mass is 417 g/mol. The molecule has 0 aromatic heterocycles. The number of urea groups is 1. The average Bonchev–Trinajstić information content (AvgIpc) is 2.92. The molecule has 1 aromatic rings. The van der Waals surface area contributed by atoms with E-state index in [4.69, 9.17) is 4.74 Å². The Bertz CT molecular complexity index is 784. The lowest BCUT2D eigenvalue weighted by Crippen LogP contribution is -2.47. The van der Waals surface area contributed by atoms with Crippen LogP contribution in [0.4, 0.5) is 4.79 Å². The largest absolute Gasteiger partial charge is 0.451 e. The van der Waals surface area contributed by atoms with Crippen LogP contribution in [-0.4, -0.2) is 46.9 Å². The van der Waals surface area contributed by atoms with Gasteiger partial charge in [-0.25, -0.2) is 4.79 Å². The summed E-state index contributed by atoms with van der Waals surface area (Å²) in [4.78, 5) is 50.5. The van der Waals surface area contributed by atoms with Crippen LogP contribution in [0.25, 0.3) is 0 Å². The SMILES string of the molecule is CCCC1(CCC)NC(=O)N(CC(=O)O[C@@H](C)C(=O)NCc2ccc(C)cc2)C1=O. The number of hydrogen-bond acceptors (Lipinski definition) is 5. The zero-order valence-corrected chi connectivity index (χ0v) is 18.1. The minimum Gasteiger partial charge on any atom is -0.451 e. The summed E-state index contributed by atoms with van der Waals surface area (Å²) in [5.74, 6) is -1.67. The van der Waals surface area contributed by atoms with Gasteiger partial charge in [-0.3, -0.25) is 19.3 Å². The molecule has 1 aliphatic rings. The van der Waals surface area contributed by atoms with Gasteiger partial charge in [-0.1, -0.05) is 56.5 Å². The van der Waals surface area contributed by atoms with Gasteiger partial charge in [0, 0.05) is 6.54 Å². The van der Waals surface area contributed by atoms with Gasteiger partial charge in [-0.05, 0) is 32.3 Å². The maximum Gasteiger partial charge on any atom is 0.327 e. The second-order valence-electron chi connectivity index (χ2n) is 7.74. The third kappa shape index (κ3) is 5.58. The quantitative estimate of drug-likeness (QED) is 0.449. The van der Waals surface area contributed by atoms with E-state index in [0.29, 0.717) is 19.4 Å². The van der Waals surface area contributed by atoms with Crippen LogP contribution in [0, 0.1) is 6.92 Å². The highest BCUT2D eigenvalue weighted by molar-refractivity contribution is 6.08. The zero-order valence-electron chi connectivity index (χ0n) is 18.1. The van der Waals surface area contributed by atoms with Crippen LogP contribution < -0.4 is 10.6 Å². The topological polar surface area (TPSA) is 105 Å². The molecule has 1 fully saturated rings. The highest BCUT2D eigenvalue weighted by atomic mass is 16.5. The van der Waals surface area contributed by atoms with Crippen molar-refractivity contribution < 1.29 is 23.9 Å². The van der Waals surface area contributed by atoms with Gasteiger partial charge in [-0.2, -0.15) is 0 Å². The minimum absolute atomic E-state index is 0.310. The molecule has 1 aliphatic heterocycles. The van der Waals surface area contributed by atoms with Crippen molar-refractivity contribution in [1.29, 1.82) is 0 Å². The van der Waals surface area contributed by atoms with E-state index in [1.807, 2.05) is 45.0 Å². The number of nitrogens with zero attached hydrogens (tertiary/aromatic N) is 1. The van der Waals surface area contributed by atoms with E-state index in [-0.39, 0.29) is 0 Å². The summed E-state index contributed by atoms with van der Waals surface area (Å²) in [6.45, 7) is 7.09. The van der Waals surface area contributed by atoms with E-state index in [0.717, 1.165) is 28.9 Å². The second kappa shape index (κ2) is 10.2. The molecule has 0 unspecified atom stereocenters. The third-order valence-electron chi connectivity index (χ3n) is 5.15. The summed E-state index contributed by atoms with van der Waals surface area (Å²) < 4.78 is 5.14. The molecule has 1 saturated heterocycles. The molecule has 1 atom stereocenters. The molecule has 8 heteroatoms. The van der Waals surface area contributed by atoms with E-state index >= 15 is 0 Å². The number of nitrogens with one attached hydrogen (secondary N) is 2. The molecule has 30 heavy (non-hydrogen) atoms. The zero-order chi connectivity index (χ0) is 22.3. The van der Waals surface area contributed by atoms with Crippen LogP contribution in [0.1, 0.15) is 57.6 Å². The smallest absolute Gasteiger partial charge is 0.327 e. The van der Waals surface area contributed by atoms with Crippen molar-refractivity contribution in [2.75, 3.05) is 6.54 Å². The van der Waals surface area contributed by atoms with Crippen molar-refractivity contribution in [3.05, 3.63) is 35.4 Å². The van der Waals surface area contributed by atoms with Gasteiger partial charge in [-0.15, -0.1) is 0 Å². The molecule has 1 heterocycles. The van der Waals surface area contributed by atoms with Crippen molar-refractivity contribution >= 4 is 23.8 Å². The lowest BCUT2D eigenvalue weighted by molar-refractivity contribution is -0.156. The number of carbonyl (C=O) groups is 4. The van der Waals surface area contributed by atoms with Gasteiger partial charge in [0.05, 0.1) is 0 Å². The molecular formula is C22H31N3O5. The van der Waals surface area contributed by atoms with Crippen molar-refractivity contribution in [2.24, 2.45) is 0 Å². The molecule has 4 amide bonds. The molecular weight excluding hydrogens is 386 g/mol. The molecule has 0 bridgehead atoms. The van der Waals surface area contributed by atoms with Gasteiger partial charge >= 0.3 is 12.0 Å². The second-order valence-corrected chi connectivity index (χ2v) is 7.74. The first-order valence-electron chi connectivity index (χ1n) is 10.4. The summed E-state index contributed by atoms with van der Waals surface area (Å²) >= 11 is 0. The Balaban J connectivity index is 1.89. The lowest BCUT2D eigenvalue weighted by atomic mass is 9.88. The number of imide groups is 1. The van der Waals surface area contributed by atoms with Gasteiger partial charge in [0.15, 0.2) is 6.10 Å². The van der Waals surface area contributed by atoms with Crippen LogP contribution in [0.3, 0.4) is 0 Å². The first-order chi connectivity index (χ1) is 14.2. The first-order valence-corrected chi connectivity index (χ1v) is 10.4. The van der Waals surface area contributed by atoms with Crippen molar-refractivity contribution in [3.63, 3.8) is 0 Å². The normalized spacial score (nSPS) is 16.2. The fourth-order valence-corrected chi connectivity index (χ4v) is 3.59. The molecule has 0 saturated carbocycles. The van der Waals surface area contributed by atoms with Gasteiger partial charge in [0.1, 0.15) is 12.1 Å². The predicted octanol–water partition coefficient (Wildman–Crippen LogP) is 2.43. The maximum atomic E-state index is 12.8. The van der Waals surface area contributed by atoms with Crippen LogP contribution in [0.15, 0.2) is 24.3 Å². The van der Waals surface area contributed by atoms with E-state index < -0.39 is 42.0 Å². The van der Waals surface area contributed by atoms with Gasteiger partial charge in [0.25, 0.3) is 11.8 Å². The number of benzene rings is 1. The Morgan fingerprint density at radius 1 is 1.13 bits per heavy atom. The number of hydrogen-bond donors (Lipinski definition) is 2. The van der Waals surface area contributed by atoms with Gasteiger partial charge < -0.3 is 15.4 Å². The van der Waals surface area contributed by atoms with E-state index in [9.17, 15) is 19.2 Å². The number of aryl methyl sites for hydroxylation is 1. The number of amides is 4. The summed E-state index contributed by atoms with van der Waals surface area (Å²) in [6, 6.07) is 7.10. The Hall–Kier alpha value is -2.90. The summed E-state index contributed by atoms with van der Waals surface area (Å²) in [7, 11) is 0. The number of rotatable bonds is 10. The van der Waals surface area contributed by atoms with Crippen LogP contribution in [-0.2, 0) is 25.7 Å². The molecule has 8 nitrogen and oxygen atoms in total. The summed E-state index contributed by atoms with van der Waals surface area (Å²) in [6.07, 6.45) is 1.42. The molecule has 2 rings (SSSR count). The van der Waals surface area contributed by atoms with Crippen LogP contribution >= 0.6 is 0 Å². The standard InChI is InChI=1S/C22H31N3O5/c1-5-11-22(12-6-2)20(28)25(21(29)24-22)14-18(26)30-16(4)19(27)23-13-17-9-7-15(3)8-10-17/h7-10,16H,5-6,11-14H2,1-4H3,(H,23,27)(H,24,29)/t16-/m0/s1. The Kier molecular flexibility index (Phi) is 7.97. The summed E-state index contributed by atoms with van der Waals surface area (Å²) in [5, 5.41) is 5.45. The molecule has 0 radical (unpaired) electrons. The fraction of sp³-hybridized carbons (Fsp3) is 0.545. The molecule has 2 N–H and O–H groups in total. The van der Waals surface area contributed by atoms with Crippen molar-refractivity contribution in [3.8, 4) is 0 Å². The number of carbonyl (C=O) groups excluding carboxylic acids is 4. The molecule has 1 aromatic carbocycles. The van der Waals surface area contributed by atoms with E-state index in [1.54, 1.807) is 0 Å². The fourth-order valence-electron chi connectivity index (χ4n) is 3.59. The van der Waals surface area contributed by atoms with Crippen molar-refractivity contribution in [2.45, 2.75) is 71.6 Å². The highest BCUT2D eigenvalue weighted by Gasteiger charge is 2.50. The lowest BCUT2D eigenvalue weighted by Gasteiger charge is -2.25. The first kappa shape index (κ1) is 23.4. The molecule has 0 aliphatic carbocycles. The third-order valence-corrected chi connectivity index (χ3v) is 5.15. The summed E-state index contributed by atoms with van der Waals surface area (Å²) in [5.41, 5.74) is 1.09. The molecule has 164 valence electrons. The number of ether oxygens (including phenoxy) is 1. The Morgan fingerprint density at radius 3 is 2.30 bits per heavy atom. The Morgan fingerprint density at radius 2 is 1.73 bits per heavy atom.